The molecule has 8 nitrogen and oxygen atoms in total. The number of aromatic nitrogens is 2. The van der Waals surface area contributed by atoms with E-state index in [0.29, 0.717) is 30.8 Å². The van der Waals surface area contributed by atoms with Crippen LogP contribution in [0.15, 0.2) is 16.4 Å². The van der Waals surface area contributed by atoms with Crippen LogP contribution in [0.4, 0.5) is 0 Å². The minimum atomic E-state index is -0.382. The Bertz CT molecular complexity index is 607. The molecule has 3 heterocycles. The predicted octanol–water partition coefficient (Wildman–Crippen LogP) is 0.456. The first kappa shape index (κ1) is 14.5. The summed E-state index contributed by atoms with van der Waals surface area (Å²) in [5.41, 5.74) is 0.0294. The maximum Gasteiger partial charge on any atom is 0.258 e. The van der Waals surface area contributed by atoms with E-state index in [-0.39, 0.29) is 17.7 Å². The molecule has 2 aliphatic rings. The Morgan fingerprint density at radius 2 is 2.32 bits per heavy atom. The van der Waals surface area contributed by atoms with Crippen molar-refractivity contribution in [2.75, 3.05) is 19.6 Å². The molecule has 1 amide bonds. The summed E-state index contributed by atoms with van der Waals surface area (Å²) in [6.45, 7) is 2.04. The fraction of sp³-hybridized carbons (Fsp3) is 0.571. The molecule has 0 aromatic carbocycles. The van der Waals surface area contributed by atoms with Crippen LogP contribution in [0.2, 0.25) is 0 Å². The van der Waals surface area contributed by atoms with E-state index in [2.05, 4.69) is 37.0 Å². The van der Waals surface area contributed by atoms with E-state index in [1.807, 2.05) is 0 Å². The molecule has 0 spiro atoms. The van der Waals surface area contributed by atoms with Crippen LogP contribution >= 0.6 is 0 Å². The quantitative estimate of drug-likeness (QED) is 0.607. The Balaban J connectivity index is 1.46. The molecular formula is C14H18N6O2. The SMILES string of the molecule is C#CCCC1(CCNC(=O)c2cn[nH]c2OC2CNC2)N=N1. The lowest BCUT2D eigenvalue weighted by Gasteiger charge is -2.27. The minimum absolute atomic E-state index is 0.0862. The molecule has 2 aliphatic heterocycles. The zero-order valence-electron chi connectivity index (χ0n) is 12.1. The van der Waals surface area contributed by atoms with Gasteiger partial charge in [0, 0.05) is 38.9 Å². The highest BCUT2D eigenvalue weighted by atomic mass is 16.5. The van der Waals surface area contributed by atoms with Crippen LogP contribution in [0.5, 0.6) is 5.88 Å². The molecule has 0 atom stereocenters. The molecule has 116 valence electrons. The van der Waals surface area contributed by atoms with Crippen LogP contribution in [-0.2, 0) is 0 Å². The average Bonchev–Trinajstić information content (AvgIpc) is 3.08. The first-order chi connectivity index (χ1) is 10.7. The first-order valence-electron chi connectivity index (χ1n) is 7.29. The normalized spacial score (nSPS) is 18.3. The maximum absolute atomic E-state index is 12.2. The van der Waals surface area contributed by atoms with Gasteiger partial charge in [-0.05, 0) is 0 Å². The van der Waals surface area contributed by atoms with Gasteiger partial charge in [-0.25, -0.2) is 5.10 Å². The van der Waals surface area contributed by atoms with Crippen molar-refractivity contribution in [1.29, 1.82) is 0 Å². The number of nitrogens with one attached hydrogen (secondary N) is 3. The number of carbonyl (C=O) groups is 1. The van der Waals surface area contributed by atoms with Gasteiger partial charge in [-0.2, -0.15) is 15.3 Å². The molecule has 3 rings (SSSR count). The van der Waals surface area contributed by atoms with Crippen molar-refractivity contribution < 1.29 is 9.53 Å². The number of hydrogen-bond donors (Lipinski definition) is 3. The summed E-state index contributed by atoms with van der Waals surface area (Å²) in [7, 11) is 0. The van der Waals surface area contributed by atoms with Crippen molar-refractivity contribution in [3.8, 4) is 18.2 Å². The van der Waals surface area contributed by atoms with Gasteiger partial charge in [-0.1, -0.05) is 0 Å². The molecule has 1 aromatic heterocycles. The van der Waals surface area contributed by atoms with Crippen LogP contribution in [0, 0.1) is 12.3 Å². The van der Waals surface area contributed by atoms with Crippen LogP contribution in [0.3, 0.4) is 0 Å². The summed E-state index contributed by atoms with van der Waals surface area (Å²) in [5.74, 6) is 2.77. The van der Waals surface area contributed by atoms with Crippen molar-refractivity contribution in [1.82, 2.24) is 20.8 Å². The van der Waals surface area contributed by atoms with Crippen LogP contribution in [0.1, 0.15) is 29.6 Å². The van der Waals surface area contributed by atoms with E-state index in [0.717, 1.165) is 19.5 Å². The van der Waals surface area contributed by atoms with E-state index in [1.54, 1.807) is 0 Å². The van der Waals surface area contributed by atoms with Crippen molar-refractivity contribution >= 4 is 5.91 Å². The molecule has 0 aliphatic carbocycles. The molecule has 0 unspecified atom stereocenters. The van der Waals surface area contributed by atoms with Gasteiger partial charge in [0.1, 0.15) is 11.7 Å². The number of ether oxygens (including phenoxy) is 1. The van der Waals surface area contributed by atoms with E-state index in [4.69, 9.17) is 11.2 Å². The highest BCUT2D eigenvalue weighted by molar-refractivity contribution is 5.96. The van der Waals surface area contributed by atoms with Crippen molar-refractivity contribution in [2.45, 2.75) is 31.0 Å². The molecule has 1 fully saturated rings. The molecule has 1 aromatic rings. The number of rotatable bonds is 8. The van der Waals surface area contributed by atoms with Gasteiger partial charge >= 0.3 is 0 Å². The van der Waals surface area contributed by atoms with Crippen LogP contribution in [-0.4, -0.2) is 47.5 Å². The van der Waals surface area contributed by atoms with Crippen molar-refractivity contribution in [3.63, 3.8) is 0 Å². The van der Waals surface area contributed by atoms with Gasteiger partial charge in [-0.15, -0.1) is 12.3 Å². The van der Waals surface area contributed by atoms with Gasteiger partial charge in [0.05, 0.1) is 6.20 Å². The second-order valence-electron chi connectivity index (χ2n) is 5.40. The standard InChI is InChI=1S/C14H18N6O2/c1-2-3-4-14(19-20-14)5-6-16-12(21)11-9-17-18-13(11)22-10-7-15-8-10/h1,9-10,15H,3-8H2,(H,16,21)(H,17,18). The number of hydrogen-bond acceptors (Lipinski definition) is 6. The molecule has 0 radical (unpaired) electrons. The number of H-pyrrole nitrogens is 1. The Kier molecular flexibility index (Phi) is 4.06. The lowest BCUT2D eigenvalue weighted by Crippen LogP contribution is -2.50. The summed E-state index contributed by atoms with van der Waals surface area (Å²) >= 11 is 0. The van der Waals surface area contributed by atoms with Gasteiger partial charge < -0.3 is 15.4 Å². The average molecular weight is 302 g/mol. The van der Waals surface area contributed by atoms with Crippen molar-refractivity contribution in [2.24, 2.45) is 10.2 Å². The summed E-state index contributed by atoms with van der Waals surface area (Å²) in [6, 6.07) is 0. The third kappa shape index (κ3) is 3.26. The topological polar surface area (TPSA) is 104 Å². The van der Waals surface area contributed by atoms with E-state index in [9.17, 15) is 4.79 Å². The van der Waals surface area contributed by atoms with Crippen molar-refractivity contribution in [3.05, 3.63) is 11.8 Å². The number of aromatic amines is 1. The predicted molar refractivity (Wildman–Crippen MR) is 78.5 cm³/mol. The summed E-state index contributed by atoms with van der Waals surface area (Å²) in [5, 5.41) is 20.6. The molecule has 0 saturated carbocycles. The smallest absolute Gasteiger partial charge is 0.258 e. The molecule has 0 bridgehead atoms. The molecular weight excluding hydrogens is 284 g/mol. The summed E-state index contributed by atoms with van der Waals surface area (Å²) < 4.78 is 5.65. The largest absolute Gasteiger partial charge is 0.471 e. The molecule has 22 heavy (non-hydrogen) atoms. The third-order valence-electron chi connectivity index (χ3n) is 3.74. The monoisotopic (exact) mass is 302 g/mol. The first-order valence-corrected chi connectivity index (χ1v) is 7.29. The maximum atomic E-state index is 12.2. The minimum Gasteiger partial charge on any atom is -0.471 e. The Hall–Kier alpha value is -2.40. The lowest BCUT2D eigenvalue weighted by molar-refractivity contribution is 0.0935. The second-order valence-corrected chi connectivity index (χ2v) is 5.40. The zero-order chi connectivity index (χ0) is 15.4. The van der Waals surface area contributed by atoms with Gasteiger partial charge in [0.25, 0.3) is 5.91 Å². The Morgan fingerprint density at radius 3 is 2.95 bits per heavy atom. The zero-order valence-corrected chi connectivity index (χ0v) is 12.1. The number of carbonyl (C=O) groups excluding carboxylic acids is 1. The fourth-order valence-corrected chi connectivity index (χ4v) is 2.18. The lowest BCUT2D eigenvalue weighted by atomic mass is 10.0. The highest BCUT2D eigenvalue weighted by Crippen LogP contribution is 2.36. The van der Waals surface area contributed by atoms with Gasteiger partial charge in [-0.3, -0.25) is 4.79 Å². The number of nitrogens with zero attached hydrogens (tertiary/aromatic N) is 3. The Morgan fingerprint density at radius 1 is 1.50 bits per heavy atom. The van der Waals surface area contributed by atoms with E-state index < -0.39 is 0 Å². The second kappa shape index (κ2) is 6.15. The van der Waals surface area contributed by atoms with Gasteiger partial charge in [0.15, 0.2) is 5.66 Å². The number of terminal acetylenes is 1. The highest BCUT2D eigenvalue weighted by Gasteiger charge is 2.38. The molecule has 3 N–H and O–H groups in total. The molecule has 8 heteroatoms. The van der Waals surface area contributed by atoms with Crippen LogP contribution < -0.4 is 15.4 Å². The van der Waals surface area contributed by atoms with Gasteiger partial charge in [0.2, 0.25) is 5.88 Å². The van der Waals surface area contributed by atoms with E-state index in [1.165, 1.54) is 6.20 Å². The summed E-state index contributed by atoms with van der Waals surface area (Å²) in [4.78, 5) is 12.2. The number of amides is 1. The summed E-state index contributed by atoms with van der Waals surface area (Å²) in [6.07, 6.45) is 8.82. The van der Waals surface area contributed by atoms with Crippen LogP contribution in [0.25, 0.3) is 0 Å². The fourth-order valence-electron chi connectivity index (χ4n) is 2.18. The van der Waals surface area contributed by atoms with E-state index >= 15 is 0 Å². The Labute approximate surface area is 128 Å². The third-order valence-corrected chi connectivity index (χ3v) is 3.74. The molecule has 1 saturated heterocycles.